The fraction of sp³-hybridized carbons (Fsp3) is 0.941. The van der Waals surface area contributed by atoms with Crippen LogP contribution in [0.1, 0.15) is 65.2 Å². The standard InChI is InChI=1S/C17H33N3/c1-3-5-12-19(13-6-4-2)16-10-7-8-14-20-15-9-11-18-17(16)20/h16H,3-15H2,1-2H3/t16-/m1/s1. The van der Waals surface area contributed by atoms with Crippen molar-refractivity contribution in [2.45, 2.75) is 71.3 Å². The lowest BCUT2D eigenvalue weighted by Gasteiger charge is -2.37. The number of hydrogen-bond donors (Lipinski definition) is 0. The second kappa shape index (κ2) is 8.66. The normalized spacial score (nSPS) is 23.4. The fourth-order valence-corrected chi connectivity index (χ4v) is 3.47. The summed E-state index contributed by atoms with van der Waals surface area (Å²) in [6.45, 7) is 10.7. The van der Waals surface area contributed by atoms with Gasteiger partial charge in [-0.2, -0.15) is 0 Å². The molecule has 0 amide bonds. The summed E-state index contributed by atoms with van der Waals surface area (Å²) in [5, 5.41) is 0. The van der Waals surface area contributed by atoms with Crippen LogP contribution in [0.4, 0.5) is 0 Å². The van der Waals surface area contributed by atoms with E-state index < -0.39 is 0 Å². The van der Waals surface area contributed by atoms with Crippen molar-refractivity contribution in [3.05, 3.63) is 0 Å². The summed E-state index contributed by atoms with van der Waals surface area (Å²) in [5.41, 5.74) is 0. The molecule has 3 nitrogen and oxygen atoms in total. The average Bonchev–Trinajstić information content (AvgIpc) is 2.70. The third-order valence-corrected chi connectivity index (χ3v) is 4.68. The molecule has 0 aliphatic carbocycles. The van der Waals surface area contributed by atoms with Gasteiger partial charge in [0.1, 0.15) is 5.84 Å². The van der Waals surface area contributed by atoms with E-state index >= 15 is 0 Å². The Morgan fingerprint density at radius 2 is 1.75 bits per heavy atom. The van der Waals surface area contributed by atoms with Crippen LogP contribution in [-0.4, -0.2) is 54.4 Å². The van der Waals surface area contributed by atoms with Crippen molar-refractivity contribution in [3.8, 4) is 0 Å². The Morgan fingerprint density at radius 3 is 2.45 bits per heavy atom. The highest BCUT2D eigenvalue weighted by atomic mass is 15.3. The van der Waals surface area contributed by atoms with Crippen LogP contribution >= 0.6 is 0 Å². The number of amidine groups is 1. The first-order valence-corrected chi connectivity index (χ1v) is 8.90. The molecule has 3 heteroatoms. The minimum Gasteiger partial charge on any atom is -0.359 e. The van der Waals surface area contributed by atoms with Gasteiger partial charge in [-0.15, -0.1) is 0 Å². The van der Waals surface area contributed by atoms with Crippen molar-refractivity contribution in [3.63, 3.8) is 0 Å². The molecule has 0 radical (unpaired) electrons. The van der Waals surface area contributed by atoms with Gasteiger partial charge in [0.25, 0.3) is 0 Å². The summed E-state index contributed by atoms with van der Waals surface area (Å²) in [6, 6.07) is 0.607. The number of aliphatic imine (C=N–C) groups is 1. The third kappa shape index (κ3) is 4.21. The lowest BCUT2D eigenvalue weighted by atomic mass is 10.1. The summed E-state index contributed by atoms with van der Waals surface area (Å²) >= 11 is 0. The topological polar surface area (TPSA) is 18.8 Å². The quantitative estimate of drug-likeness (QED) is 0.710. The van der Waals surface area contributed by atoms with E-state index in [-0.39, 0.29) is 0 Å². The van der Waals surface area contributed by atoms with Crippen LogP contribution in [0.5, 0.6) is 0 Å². The van der Waals surface area contributed by atoms with Crippen LogP contribution in [0.3, 0.4) is 0 Å². The molecule has 0 bridgehead atoms. The van der Waals surface area contributed by atoms with Crippen LogP contribution in [0, 0.1) is 0 Å². The maximum absolute atomic E-state index is 4.93. The number of unbranched alkanes of at least 4 members (excludes halogenated alkanes) is 2. The highest BCUT2D eigenvalue weighted by Crippen LogP contribution is 2.22. The van der Waals surface area contributed by atoms with Crippen LogP contribution in [0.15, 0.2) is 4.99 Å². The Morgan fingerprint density at radius 1 is 1.05 bits per heavy atom. The Kier molecular flexibility index (Phi) is 6.85. The van der Waals surface area contributed by atoms with Gasteiger partial charge in [-0.3, -0.25) is 9.89 Å². The van der Waals surface area contributed by atoms with E-state index in [0.717, 1.165) is 6.54 Å². The molecule has 0 aromatic rings. The predicted octanol–water partition coefficient (Wildman–Crippen LogP) is 3.55. The molecule has 1 atom stereocenters. The van der Waals surface area contributed by atoms with Gasteiger partial charge in [-0.1, -0.05) is 26.7 Å². The van der Waals surface area contributed by atoms with Gasteiger partial charge in [0.15, 0.2) is 0 Å². The van der Waals surface area contributed by atoms with E-state index in [9.17, 15) is 0 Å². The zero-order chi connectivity index (χ0) is 14.2. The third-order valence-electron chi connectivity index (χ3n) is 4.68. The van der Waals surface area contributed by atoms with E-state index in [1.807, 2.05) is 0 Å². The van der Waals surface area contributed by atoms with Crippen LogP contribution in [-0.2, 0) is 0 Å². The molecule has 2 aliphatic rings. The summed E-state index contributed by atoms with van der Waals surface area (Å²) < 4.78 is 0. The highest BCUT2D eigenvalue weighted by molar-refractivity contribution is 5.88. The van der Waals surface area contributed by atoms with E-state index in [1.165, 1.54) is 83.4 Å². The summed E-state index contributed by atoms with van der Waals surface area (Å²) in [4.78, 5) is 10.3. The van der Waals surface area contributed by atoms with Gasteiger partial charge in [-0.05, 0) is 51.6 Å². The van der Waals surface area contributed by atoms with E-state index in [2.05, 4.69) is 23.6 Å². The number of nitrogens with zero attached hydrogens (tertiary/aromatic N) is 3. The van der Waals surface area contributed by atoms with E-state index in [1.54, 1.807) is 0 Å². The van der Waals surface area contributed by atoms with Crippen molar-refractivity contribution >= 4 is 5.84 Å². The molecule has 0 aromatic heterocycles. The first-order valence-electron chi connectivity index (χ1n) is 8.90. The first-order chi connectivity index (χ1) is 9.86. The molecule has 2 aliphatic heterocycles. The SMILES string of the molecule is CCCCN(CCCC)[C@@H]1CCCCN2CCCN=C12. The molecule has 0 unspecified atom stereocenters. The predicted molar refractivity (Wildman–Crippen MR) is 87.5 cm³/mol. The molecule has 1 saturated heterocycles. The van der Waals surface area contributed by atoms with Gasteiger partial charge >= 0.3 is 0 Å². The molecular weight excluding hydrogens is 246 g/mol. The molecule has 2 heterocycles. The maximum Gasteiger partial charge on any atom is 0.116 e. The largest absolute Gasteiger partial charge is 0.359 e. The minimum absolute atomic E-state index is 0.607. The second-order valence-corrected chi connectivity index (χ2v) is 6.34. The number of hydrogen-bond acceptors (Lipinski definition) is 3. The number of fused-ring (bicyclic) bond motifs is 1. The molecule has 2 rings (SSSR count). The van der Waals surface area contributed by atoms with Gasteiger partial charge in [0.05, 0.1) is 6.04 Å². The van der Waals surface area contributed by atoms with Crippen LogP contribution in [0.2, 0.25) is 0 Å². The fourth-order valence-electron chi connectivity index (χ4n) is 3.47. The molecular formula is C17H33N3. The molecule has 0 N–H and O–H groups in total. The Bertz CT molecular complexity index is 293. The first kappa shape index (κ1) is 15.8. The summed E-state index contributed by atoms with van der Waals surface area (Å²) in [7, 11) is 0. The Labute approximate surface area is 125 Å². The molecule has 0 aromatic carbocycles. The lowest BCUT2D eigenvalue weighted by molar-refractivity contribution is 0.215. The molecule has 0 saturated carbocycles. The Hall–Kier alpha value is -0.570. The number of rotatable bonds is 7. The zero-order valence-electron chi connectivity index (χ0n) is 13.6. The lowest BCUT2D eigenvalue weighted by Crippen LogP contribution is -2.50. The van der Waals surface area contributed by atoms with Gasteiger partial charge in [-0.25, -0.2) is 0 Å². The zero-order valence-corrected chi connectivity index (χ0v) is 13.6. The summed E-state index contributed by atoms with van der Waals surface area (Å²) in [6.07, 6.45) is 10.5. The molecule has 0 spiro atoms. The van der Waals surface area contributed by atoms with Gasteiger partial charge < -0.3 is 4.90 Å². The molecule has 1 fully saturated rings. The molecule has 20 heavy (non-hydrogen) atoms. The smallest absolute Gasteiger partial charge is 0.116 e. The Balaban J connectivity index is 2.08. The second-order valence-electron chi connectivity index (χ2n) is 6.34. The maximum atomic E-state index is 4.93. The van der Waals surface area contributed by atoms with Crippen LogP contribution in [0.25, 0.3) is 0 Å². The molecule has 116 valence electrons. The van der Waals surface area contributed by atoms with Crippen molar-refractivity contribution in [2.75, 3.05) is 32.7 Å². The van der Waals surface area contributed by atoms with Crippen LogP contribution < -0.4 is 0 Å². The van der Waals surface area contributed by atoms with Crippen molar-refractivity contribution < 1.29 is 0 Å². The van der Waals surface area contributed by atoms with Crippen molar-refractivity contribution in [1.29, 1.82) is 0 Å². The minimum atomic E-state index is 0.607. The van der Waals surface area contributed by atoms with Crippen molar-refractivity contribution in [2.24, 2.45) is 4.99 Å². The summed E-state index contributed by atoms with van der Waals surface area (Å²) in [5.74, 6) is 1.43. The highest BCUT2D eigenvalue weighted by Gasteiger charge is 2.30. The van der Waals surface area contributed by atoms with Crippen molar-refractivity contribution in [1.82, 2.24) is 9.80 Å². The van der Waals surface area contributed by atoms with Gasteiger partial charge in [0.2, 0.25) is 0 Å². The van der Waals surface area contributed by atoms with Gasteiger partial charge in [0, 0.05) is 19.6 Å². The van der Waals surface area contributed by atoms with E-state index in [0.29, 0.717) is 6.04 Å². The average molecular weight is 279 g/mol. The monoisotopic (exact) mass is 279 g/mol. The van der Waals surface area contributed by atoms with E-state index in [4.69, 9.17) is 4.99 Å².